The number of nitrogens with zero attached hydrogens (tertiary/aromatic N) is 2. The molecule has 16 heavy (non-hydrogen) atoms. The van der Waals surface area contributed by atoms with Crippen LogP contribution < -0.4 is 0 Å². The summed E-state index contributed by atoms with van der Waals surface area (Å²) in [4.78, 5) is 1.46. The van der Waals surface area contributed by atoms with Crippen LogP contribution in [0.4, 0.5) is 26.3 Å². The number of alkyl halides is 6. The largest absolute Gasteiger partial charge is 0.405 e. The van der Waals surface area contributed by atoms with E-state index in [1.54, 1.807) is 0 Å². The van der Waals surface area contributed by atoms with E-state index in [0.29, 0.717) is 4.90 Å². The second-order valence-corrected chi connectivity index (χ2v) is 3.78. The molecular formula is C8H12F6N2. The second-order valence-electron chi connectivity index (χ2n) is 3.78. The minimum absolute atomic E-state index is 0.0684. The van der Waals surface area contributed by atoms with Crippen LogP contribution in [0, 0.1) is 0 Å². The summed E-state index contributed by atoms with van der Waals surface area (Å²) in [6, 6.07) is -4.95. The Kier molecular flexibility index (Phi) is 3.45. The molecule has 2 unspecified atom stereocenters. The lowest BCUT2D eigenvalue weighted by Crippen LogP contribution is -2.54. The van der Waals surface area contributed by atoms with Gasteiger partial charge in [-0.1, -0.05) is 6.92 Å². The van der Waals surface area contributed by atoms with Gasteiger partial charge in [-0.2, -0.15) is 26.3 Å². The monoisotopic (exact) mass is 250 g/mol. The fourth-order valence-electron chi connectivity index (χ4n) is 2.01. The molecule has 1 heterocycles. The molecule has 1 rings (SSSR count). The highest BCUT2D eigenvalue weighted by Gasteiger charge is 2.62. The van der Waals surface area contributed by atoms with Gasteiger partial charge in [0.1, 0.15) is 12.1 Å². The van der Waals surface area contributed by atoms with Gasteiger partial charge in [0.15, 0.2) is 0 Å². The first kappa shape index (κ1) is 13.6. The minimum Gasteiger partial charge on any atom is -0.281 e. The van der Waals surface area contributed by atoms with Crippen LogP contribution >= 0.6 is 0 Å². The third kappa shape index (κ3) is 2.42. The standard InChI is InChI=1S/C8H12F6N2/c1-3-16-4-15(2)5(7(9,10)11)6(16)8(12,13)14/h5-6H,3-4H2,1-2H3. The molecule has 0 amide bonds. The molecule has 96 valence electrons. The third-order valence-corrected chi connectivity index (χ3v) is 2.65. The van der Waals surface area contributed by atoms with E-state index in [-0.39, 0.29) is 13.2 Å². The van der Waals surface area contributed by atoms with Crippen LogP contribution in [-0.4, -0.2) is 54.5 Å². The normalized spacial score (nSPS) is 30.0. The Hall–Kier alpha value is -0.500. The molecule has 0 aromatic rings. The fourth-order valence-corrected chi connectivity index (χ4v) is 2.01. The Bertz CT molecular complexity index is 248. The van der Waals surface area contributed by atoms with E-state index in [1.165, 1.54) is 6.92 Å². The van der Waals surface area contributed by atoms with Gasteiger partial charge in [0.2, 0.25) is 0 Å². The summed E-state index contributed by atoms with van der Waals surface area (Å²) in [5, 5.41) is 0. The predicted octanol–water partition coefficient (Wildman–Crippen LogP) is 2.07. The van der Waals surface area contributed by atoms with Crippen molar-refractivity contribution >= 4 is 0 Å². The van der Waals surface area contributed by atoms with Gasteiger partial charge >= 0.3 is 12.4 Å². The van der Waals surface area contributed by atoms with E-state index in [2.05, 4.69) is 0 Å². The summed E-state index contributed by atoms with van der Waals surface area (Å²) in [5.74, 6) is 0. The zero-order chi connectivity index (χ0) is 12.7. The second kappa shape index (κ2) is 4.06. The van der Waals surface area contributed by atoms with Crippen LogP contribution in [0.3, 0.4) is 0 Å². The van der Waals surface area contributed by atoms with Crippen molar-refractivity contribution in [2.75, 3.05) is 20.3 Å². The summed E-state index contributed by atoms with van der Waals surface area (Å²) >= 11 is 0. The molecule has 1 aliphatic rings. The molecule has 0 saturated carbocycles. The number of rotatable bonds is 1. The van der Waals surface area contributed by atoms with Gasteiger partial charge in [0, 0.05) is 0 Å². The zero-order valence-corrected chi connectivity index (χ0v) is 8.73. The van der Waals surface area contributed by atoms with Crippen LogP contribution in [0.5, 0.6) is 0 Å². The first-order valence-electron chi connectivity index (χ1n) is 4.66. The Morgan fingerprint density at radius 1 is 1.00 bits per heavy atom. The molecule has 8 heteroatoms. The van der Waals surface area contributed by atoms with Crippen LogP contribution in [0.2, 0.25) is 0 Å². The Labute approximate surface area is 88.8 Å². The van der Waals surface area contributed by atoms with Crippen molar-refractivity contribution in [1.82, 2.24) is 9.80 Å². The van der Waals surface area contributed by atoms with E-state index in [1.807, 2.05) is 0 Å². The summed E-state index contributed by atoms with van der Waals surface area (Å²) in [6.07, 6.45) is -9.75. The lowest BCUT2D eigenvalue weighted by atomic mass is 10.1. The first-order valence-corrected chi connectivity index (χ1v) is 4.66. The number of hydrogen-bond acceptors (Lipinski definition) is 2. The van der Waals surface area contributed by atoms with Crippen molar-refractivity contribution < 1.29 is 26.3 Å². The SMILES string of the molecule is CCN1CN(C)C(C(F)(F)F)C1C(F)(F)F. The zero-order valence-electron chi connectivity index (χ0n) is 8.73. The molecular weight excluding hydrogens is 238 g/mol. The summed E-state index contributed by atoms with van der Waals surface area (Å²) < 4.78 is 75.3. The lowest BCUT2D eigenvalue weighted by molar-refractivity contribution is -0.231. The molecule has 0 aromatic carbocycles. The number of hydrogen-bond donors (Lipinski definition) is 0. The van der Waals surface area contributed by atoms with Gasteiger partial charge in [0.25, 0.3) is 0 Å². The van der Waals surface area contributed by atoms with E-state index in [4.69, 9.17) is 0 Å². The maximum absolute atomic E-state index is 12.6. The van der Waals surface area contributed by atoms with E-state index >= 15 is 0 Å². The smallest absolute Gasteiger partial charge is 0.281 e. The maximum atomic E-state index is 12.6. The highest BCUT2D eigenvalue weighted by molar-refractivity contribution is 4.99. The molecule has 1 fully saturated rings. The topological polar surface area (TPSA) is 6.48 Å². The summed E-state index contributed by atoms with van der Waals surface area (Å²) in [6.45, 7) is 1.01. The minimum atomic E-state index is -4.88. The van der Waals surface area contributed by atoms with E-state index in [9.17, 15) is 26.3 Å². The van der Waals surface area contributed by atoms with Gasteiger partial charge in [-0.05, 0) is 13.6 Å². The molecule has 2 atom stereocenters. The molecule has 0 N–H and O–H groups in total. The van der Waals surface area contributed by atoms with Crippen LogP contribution in [-0.2, 0) is 0 Å². The highest BCUT2D eigenvalue weighted by Crippen LogP contribution is 2.40. The van der Waals surface area contributed by atoms with Gasteiger partial charge in [-0.15, -0.1) is 0 Å². The molecule has 1 saturated heterocycles. The number of likely N-dealkylation sites (N-methyl/N-ethyl adjacent to an activating group) is 2. The summed E-state index contributed by atoms with van der Waals surface area (Å²) in [5.41, 5.74) is 0. The highest BCUT2D eigenvalue weighted by atomic mass is 19.4. The molecule has 2 nitrogen and oxygen atoms in total. The van der Waals surface area contributed by atoms with Gasteiger partial charge < -0.3 is 0 Å². The number of halogens is 6. The summed E-state index contributed by atoms with van der Waals surface area (Å²) in [7, 11) is 1.05. The lowest BCUT2D eigenvalue weighted by Gasteiger charge is -2.30. The Morgan fingerprint density at radius 2 is 1.44 bits per heavy atom. The first-order chi connectivity index (χ1) is 7.09. The van der Waals surface area contributed by atoms with Crippen molar-refractivity contribution in [3.63, 3.8) is 0 Å². The molecule has 0 aliphatic carbocycles. The average molecular weight is 250 g/mol. The molecule has 1 aliphatic heterocycles. The van der Waals surface area contributed by atoms with Crippen molar-refractivity contribution in [2.24, 2.45) is 0 Å². The van der Waals surface area contributed by atoms with Crippen molar-refractivity contribution in [3.8, 4) is 0 Å². The Morgan fingerprint density at radius 3 is 1.75 bits per heavy atom. The molecule has 0 aromatic heterocycles. The quantitative estimate of drug-likeness (QED) is 0.657. The van der Waals surface area contributed by atoms with Crippen molar-refractivity contribution in [1.29, 1.82) is 0 Å². The molecule has 0 spiro atoms. The Balaban J connectivity index is 3.05. The van der Waals surface area contributed by atoms with Crippen molar-refractivity contribution in [2.45, 2.75) is 31.4 Å². The van der Waals surface area contributed by atoms with Crippen LogP contribution in [0.15, 0.2) is 0 Å². The van der Waals surface area contributed by atoms with Crippen LogP contribution in [0.25, 0.3) is 0 Å². The average Bonchev–Trinajstić information content (AvgIpc) is 2.40. The van der Waals surface area contributed by atoms with Crippen LogP contribution in [0.1, 0.15) is 6.92 Å². The molecule has 0 radical (unpaired) electrons. The van der Waals surface area contributed by atoms with Crippen molar-refractivity contribution in [3.05, 3.63) is 0 Å². The fraction of sp³-hybridized carbons (Fsp3) is 1.00. The van der Waals surface area contributed by atoms with E-state index < -0.39 is 24.4 Å². The van der Waals surface area contributed by atoms with Gasteiger partial charge in [-0.25, -0.2) is 0 Å². The predicted molar refractivity (Wildman–Crippen MR) is 44.7 cm³/mol. The van der Waals surface area contributed by atoms with Gasteiger partial charge in [0.05, 0.1) is 6.67 Å². The third-order valence-electron chi connectivity index (χ3n) is 2.65. The van der Waals surface area contributed by atoms with E-state index in [0.717, 1.165) is 11.9 Å². The van der Waals surface area contributed by atoms with Gasteiger partial charge in [-0.3, -0.25) is 9.80 Å². The molecule has 0 bridgehead atoms. The maximum Gasteiger partial charge on any atom is 0.405 e.